The molecule has 2 aromatic rings. The SMILES string of the molecule is NC(=O)C1CCN(C(=O)Nc2ccc(Oc3cccc(F)c3)nc2)C1. The molecule has 0 spiro atoms. The van der Waals surface area contributed by atoms with Gasteiger partial charge in [-0.25, -0.2) is 14.2 Å². The number of nitrogens with one attached hydrogen (secondary N) is 1. The highest BCUT2D eigenvalue weighted by Crippen LogP contribution is 2.22. The van der Waals surface area contributed by atoms with Crippen molar-refractivity contribution in [3.8, 4) is 11.6 Å². The number of ether oxygens (including phenoxy) is 1. The van der Waals surface area contributed by atoms with Crippen molar-refractivity contribution < 1.29 is 18.7 Å². The van der Waals surface area contributed by atoms with E-state index in [0.29, 0.717) is 30.9 Å². The number of amides is 3. The molecule has 1 aliphatic heterocycles. The molecule has 1 aromatic heterocycles. The highest BCUT2D eigenvalue weighted by atomic mass is 19.1. The smallest absolute Gasteiger partial charge is 0.321 e. The molecule has 1 aliphatic rings. The van der Waals surface area contributed by atoms with Gasteiger partial charge in [0.05, 0.1) is 17.8 Å². The largest absolute Gasteiger partial charge is 0.439 e. The number of carbonyl (C=O) groups is 2. The summed E-state index contributed by atoms with van der Waals surface area (Å²) in [4.78, 5) is 28.9. The summed E-state index contributed by atoms with van der Waals surface area (Å²) in [6, 6.07) is 8.60. The maximum Gasteiger partial charge on any atom is 0.321 e. The lowest BCUT2D eigenvalue weighted by molar-refractivity contribution is -0.121. The molecule has 130 valence electrons. The third-order valence-corrected chi connectivity index (χ3v) is 3.88. The zero-order valence-electron chi connectivity index (χ0n) is 13.3. The van der Waals surface area contributed by atoms with E-state index in [-0.39, 0.29) is 17.8 Å². The molecular formula is C17H17FN4O3. The second kappa shape index (κ2) is 7.16. The topological polar surface area (TPSA) is 97.6 Å². The van der Waals surface area contributed by atoms with Gasteiger partial charge in [0, 0.05) is 25.2 Å². The van der Waals surface area contributed by atoms with Crippen LogP contribution in [-0.4, -0.2) is 34.9 Å². The summed E-state index contributed by atoms with van der Waals surface area (Å²) in [7, 11) is 0. The van der Waals surface area contributed by atoms with Crippen LogP contribution in [0.3, 0.4) is 0 Å². The van der Waals surface area contributed by atoms with Crippen molar-refractivity contribution in [1.29, 1.82) is 0 Å². The Hall–Kier alpha value is -3.16. The minimum Gasteiger partial charge on any atom is -0.439 e. The Balaban J connectivity index is 1.57. The van der Waals surface area contributed by atoms with E-state index >= 15 is 0 Å². The van der Waals surface area contributed by atoms with Crippen molar-refractivity contribution in [2.45, 2.75) is 6.42 Å². The summed E-state index contributed by atoms with van der Waals surface area (Å²) >= 11 is 0. The van der Waals surface area contributed by atoms with Crippen molar-refractivity contribution in [2.24, 2.45) is 11.7 Å². The van der Waals surface area contributed by atoms with E-state index in [1.54, 1.807) is 18.2 Å². The number of nitrogens with zero attached hydrogens (tertiary/aromatic N) is 2. The first-order valence-corrected chi connectivity index (χ1v) is 7.76. The summed E-state index contributed by atoms with van der Waals surface area (Å²) in [6.45, 7) is 0.795. The predicted octanol–water partition coefficient (Wildman–Crippen LogP) is 2.35. The third-order valence-electron chi connectivity index (χ3n) is 3.88. The van der Waals surface area contributed by atoms with Crippen molar-refractivity contribution in [3.05, 3.63) is 48.4 Å². The molecule has 3 N–H and O–H groups in total. The normalized spacial score (nSPS) is 16.5. The number of primary amides is 1. The highest BCUT2D eigenvalue weighted by molar-refractivity contribution is 5.90. The molecule has 7 nitrogen and oxygen atoms in total. The molecule has 1 saturated heterocycles. The molecule has 2 heterocycles. The first kappa shape index (κ1) is 16.7. The number of halogens is 1. The van der Waals surface area contributed by atoms with E-state index in [1.807, 2.05) is 0 Å². The van der Waals surface area contributed by atoms with E-state index in [0.717, 1.165) is 0 Å². The van der Waals surface area contributed by atoms with E-state index in [4.69, 9.17) is 10.5 Å². The number of anilines is 1. The molecule has 0 saturated carbocycles. The lowest BCUT2D eigenvalue weighted by Gasteiger charge is -2.16. The van der Waals surface area contributed by atoms with Crippen LogP contribution < -0.4 is 15.8 Å². The second-order valence-corrected chi connectivity index (χ2v) is 5.71. The number of carbonyl (C=O) groups excluding carboxylic acids is 2. The van der Waals surface area contributed by atoms with Gasteiger partial charge in [0.2, 0.25) is 11.8 Å². The number of likely N-dealkylation sites (tertiary alicyclic amines) is 1. The highest BCUT2D eigenvalue weighted by Gasteiger charge is 2.29. The van der Waals surface area contributed by atoms with E-state index in [1.165, 1.54) is 29.3 Å². The molecule has 0 bridgehead atoms. The quantitative estimate of drug-likeness (QED) is 0.889. The Morgan fingerprint density at radius 3 is 2.80 bits per heavy atom. The lowest BCUT2D eigenvalue weighted by atomic mass is 10.1. The van der Waals surface area contributed by atoms with Gasteiger partial charge in [0.25, 0.3) is 0 Å². The number of hydrogen-bond acceptors (Lipinski definition) is 4. The van der Waals surface area contributed by atoms with Crippen LogP contribution >= 0.6 is 0 Å². The first-order chi connectivity index (χ1) is 12.0. The van der Waals surface area contributed by atoms with Crippen LogP contribution in [0, 0.1) is 11.7 Å². The second-order valence-electron chi connectivity index (χ2n) is 5.71. The Labute approximate surface area is 143 Å². The molecule has 3 rings (SSSR count). The fourth-order valence-corrected chi connectivity index (χ4v) is 2.55. The van der Waals surface area contributed by atoms with Gasteiger partial charge in [-0.15, -0.1) is 0 Å². The van der Waals surface area contributed by atoms with Crippen LogP contribution in [-0.2, 0) is 4.79 Å². The zero-order chi connectivity index (χ0) is 17.8. The molecule has 1 fully saturated rings. The van der Waals surface area contributed by atoms with Crippen molar-refractivity contribution in [2.75, 3.05) is 18.4 Å². The number of nitrogens with two attached hydrogens (primary N) is 1. The maximum atomic E-state index is 13.1. The molecule has 25 heavy (non-hydrogen) atoms. The van der Waals surface area contributed by atoms with Gasteiger partial charge < -0.3 is 20.7 Å². The van der Waals surface area contributed by atoms with E-state index < -0.39 is 11.7 Å². The van der Waals surface area contributed by atoms with Crippen LogP contribution in [0.25, 0.3) is 0 Å². The van der Waals surface area contributed by atoms with Crippen LogP contribution in [0.15, 0.2) is 42.6 Å². The van der Waals surface area contributed by atoms with Crippen LogP contribution in [0.5, 0.6) is 11.6 Å². The Kier molecular flexibility index (Phi) is 4.78. The molecule has 0 radical (unpaired) electrons. The molecule has 1 aromatic carbocycles. The number of rotatable bonds is 4. The third kappa shape index (κ3) is 4.23. The average Bonchev–Trinajstić information content (AvgIpc) is 3.07. The molecule has 0 aliphatic carbocycles. The van der Waals surface area contributed by atoms with Crippen LogP contribution in [0.4, 0.5) is 14.9 Å². The summed E-state index contributed by atoms with van der Waals surface area (Å²) in [5.74, 6) is -0.486. The number of aromatic nitrogens is 1. The fourth-order valence-electron chi connectivity index (χ4n) is 2.55. The summed E-state index contributed by atoms with van der Waals surface area (Å²) in [5.41, 5.74) is 5.74. The van der Waals surface area contributed by atoms with Gasteiger partial charge in [-0.3, -0.25) is 4.79 Å². The van der Waals surface area contributed by atoms with E-state index in [2.05, 4.69) is 10.3 Å². The summed E-state index contributed by atoms with van der Waals surface area (Å²) in [6.07, 6.45) is 2.01. The summed E-state index contributed by atoms with van der Waals surface area (Å²) < 4.78 is 18.6. The Morgan fingerprint density at radius 1 is 1.32 bits per heavy atom. The predicted molar refractivity (Wildman–Crippen MR) is 88.6 cm³/mol. The molecule has 8 heteroatoms. The van der Waals surface area contributed by atoms with Crippen molar-refractivity contribution in [3.63, 3.8) is 0 Å². The van der Waals surface area contributed by atoms with Crippen molar-refractivity contribution in [1.82, 2.24) is 9.88 Å². The average molecular weight is 344 g/mol. The number of pyridine rings is 1. The Morgan fingerprint density at radius 2 is 2.16 bits per heavy atom. The van der Waals surface area contributed by atoms with Crippen LogP contribution in [0.2, 0.25) is 0 Å². The maximum absolute atomic E-state index is 13.1. The number of urea groups is 1. The zero-order valence-corrected chi connectivity index (χ0v) is 13.3. The van der Waals surface area contributed by atoms with Crippen LogP contribution in [0.1, 0.15) is 6.42 Å². The van der Waals surface area contributed by atoms with Gasteiger partial charge in [-0.05, 0) is 24.6 Å². The van der Waals surface area contributed by atoms with Gasteiger partial charge >= 0.3 is 6.03 Å². The van der Waals surface area contributed by atoms with Gasteiger partial charge in [0.1, 0.15) is 11.6 Å². The number of hydrogen-bond donors (Lipinski definition) is 2. The van der Waals surface area contributed by atoms with Gasteiger partial charge in [-0.1, -0.05) is 6.07 Å². The molecule has 1 atom stereocenters. The number of benzene rings is 1. The first-order valence-electron chi connectivity index (χ1n) is 7.76. The monoisotopic (exact) mass is 344 g/mol. The minimum absolute atomic E-state index is 0.276. The summed E-state index contributed by atoms with van der Waals surface area (Å²) in [5, 5.41) is 2.70. The van der Waals surface area contributed by atoms with Crippen molar-refractivity contribution >= 4 is 17.6 Å². The molecular weight excluding hydrogens is 327 g/mol. The minimum atomic E-state index is -0.402. The van der Waals surface area contributed by atoms with Gasteiger partial charge in [0.15, 0.2) is 0 Å². The standard InChI is InChI=1S/C17H17FN4O3/c18-12-2-1-3-14(8-12)25-15-5-4-13(9-20-15)21-17(24)22-7-6-11(10-22)16(19)23/h1-5,8-9,11H,6-7,10H2,(H2,19,23)(H,21,24). The molecule has 1 unspecified atom stereocenters. The van der Waals surface area contributed by atoms with Gasteiger partial charge in [-0.2, -0.15) is 0 Å². The Bertz CT molecular complexity index is 782. The van der Waals surface area contributed by atoms with E-state index in [9.17, 15) is 14.0 Å². The fraction of sp³-hybridized carbons (Fsp3) is 0.235. The lowest BCUT2D eigenvalue weighted by Crippen LogP contribution is -2.34. The molecule has 3 amide bonds.